The van der Waals surface area contributed by atoms with Crippen LogP contribution in [-0.2, 0) is 7.05 Å². The molecule has 2 aromatic rings. The molecule has 2 aromatic heterocycles. The van der Waals surface area contributed by atoms with Crippen molar-refractivity contribution in [3.8, 4) is 0 Å². The Hall–Kier alpha value is -1.56. The Balaban J connectivity index is 1.98. The zero-order valence-corrected chi connectivity index (χ0v) is 12.2. The van der Waals surface area contributed by atoms with Crippen LogP contribution in [0.1, 0.15) is 41.6 Å². The van der Waals surface area contributed by atoms with Gasteiger partial charge in [-0.25, -0.2) is 0 Å². The van der Waals surface area contributed by atoms with Crippen molar-refractivity contribution in [2.24, 2.45) is 7.05 Å². The maximum atomic E-state index is 12.4. The number of fused-ring (bicyclic) bond motifs is 1. The molecule has 19 heavy (non-hydrogen) atoms. The third kappa shape index (κ3) is 1.82. The summed E-state index contributed by atoms with van der Waals surface area (Å²) < 4.78 is 1.79. The van der Waals surface area contributed by atoms with E-state index in [1.54, 1.807) is 4.68 Å². The highest BCUT2D eigenvalue weighted by molar-refractivity contribution is 7.21. The summed E-state index contributed by atoms with van der Waals surface area (Å²) in [6, 6.07) is 0. The summed E-state index contributed by atoms with van der Waals surface area (Å²) in [6.07, 6.45) is 3.27. The van der Waals surface area contributed by atoms with Crippen LogP contribution in [0, 0.1) is 6.92 Å². The molecule has 2 heterocycles. The highest BCUT2D eigenvalue weighted by Gasteiger charge is 2.34. The second kappa shape index (κ2) is 3.96. The number of aryl methyl sites for hydroxylation is 2. The van der Waals surface area contributed by atoms with Gasteiger partial charge in [-0.2, -0.15) is 5.10 Å². The highest BCUT2D eigenvalue weighted by atomic mass is 32.1. The van der Waals surface area contributed by atoms with Gasteiger partial charge in [-0.3, -0.25) is 9.48 Å². The third-order valence-corrected chi connectivity index (χ3v) is 5.23. The van der Waals surface area contributed by atoms with E-state index in [0.717, 1.165) is 28.8 Å². The predicted octanol–water partition coefficient (Wildman–Crippen LogP) is 2.20. The van der Waals surface area contributed by atoms with Gasteiger partial charge in [-0.15, -0.1) is 11.3 Å². The Kier molecular flexibility index (Phi) is 2.60. The number of nitrogen functional groups attached to an aromatic ring is 1. The van der Waals surface area contributed by atoms with Crippen LogP contribution in [0.5, 0.6) is 0 Å². The zero-order chi connectivity index (χ0) is 13.8. The number of anilines is 1. The van der Waals surface area contributed by atoms with Gasteiger partial charge in [-0.1, -0.05) is 0 Å². The van der Waals surface area contributed by atoms with E-state index in [9.17, 15) is 4.79 Å². The van der Waals surface area contributed by atoms with Crippen LogP contribution in [-0.4, -0.2) is 21.2 Å². The maximum Gasteiger partial charge on any atom is 0.263 e. The Morgan fingerprint density at radius 2 is 2.21 bits per heavy atom. The van der Waals surface area contributed by atoms with Crippen molar-refractivity contribution in [3.05, 3.63) is 10.6 Å². The van der Waals surface area contributed by atoms with Crippen LogP contribution in [0.3, 0.4) is 0 Å². The van der Waals surface area contributed by atoms with Gasteiger partial charge in [-0.05, 0) is 33.1 Å². The predicted molar refractivity (Wildman–Crippen MR) is 77.5 cm³/mol. The minimum atomic E-state index is -0.0553. The number of nitrogens with two attached hydrogens (primary N) is 1. The summed E-state index contributed by atoms with van der Waals surface area (Å²) >= 11 is 1.42. The van der Waals surface area contributed by atoms with Crippen molar-refractivity contribution in [1.29, 1.82) is 0 Å². The molecule has 0 radical (unpaired) electrons. The summed E-state index contributed by atoms with van der Waals surface area (Å²) in [5, 5.41) is 8.34. The van der Waals surface area contributed by atoms with Gasteiger partial charge in [0, 0.05) is 12.6 Å². The number of amides is 1. The lowest BCUT2D eigenvalue weighted by Gasteiger charge is -2.39. The van der Waals surface area contributed by atoms with Crippen molar-refractivity contribution >= 4 is 33.1 Å². The quantitative estimate of drug-likeness (QED) is 0.884. The Bertz CT molecular complexity index is 666. The number of thiophene rings is 1. The average molecular weight is 278 g/mol. The van der Waals surface area contributed by atoms with E-state index < -0.39 is 0 Å². The fraction of sp³-hybridized carbons (Fsp3) is 0.538. The summed E-state index contributed by atoms with van der Waals surface area (Å²) in [5.41, 5.74) is 7.52. The lowest BCUT2D eigenvalue weighted by molar-refractivity contribution is 0.0855. The summed E-state index contributed by atoms with van der Waals surface area (Å²) in [4.78, 5) is 13.9. The van der Waals surface area contributed by atoms with Crippen molar-refractivity contribution in [2.45, 2.75) is 38.6 Å². The molecule has 0 bridgehead atoms. The number of hydrogen-bond acceptors (Lipinski definition) is 4. The van der Waals surface area contributed by atoms with E-state index in [0.29, 0.717) is 10.6 Å². The molecule has 1 aliphatic rings. The molecular formula is C13H18N4OS. The minimum Gasteiger partial charge on any atom is -0.397 e. The summed E-state index contributed by atoms with van der Waals surface area (Å²) in [6.45, 7) is 4.01. The van der Waals surface area contributed by atoms with Gasteiger partial charge >= 0.3 is 0 Å². The molecule has 6 heteroatoms. The number of hydrogen-bond donors (Lipinski definition) is 2. The second-order valence-corrected chi connectivity index (χ2v) is 6.60. The van der Waals surface area contributed by atoms with E-state index in [1.165, 1.54) is 17.8 Å². The van der Waals surface area contributed by atoms with Crippen LogP contribution < -0.4 is 11.1 Å². The van der Waals surface area contributed by atoms with E-state index >= 15 is 0 Å². The first kappa shape index (κ1) is 12.5. The topological polar surface area (TPSA) is 72.9 Å². The molecule has 5 nitrogen and oxygen atoms in total. The second-order valence-electron chi connectivity index (χ2n) is 5.60. The molecule has 3 rings (SSSR count). The van der Waals surface area contributed by atoms with E-state index in [2.05, 4.69) is 17.3 Å². The summed E-state index contributed by atoms with van der Waals surface area (Å²) in [7, 11) is 1.88. The number of nitrogens with zero attached hydrogens (tertiary/aromatic N) is 2. The molecule has 0 spiro atoms. The van der Waals surface area contributed by atoms with E-state index in [-0.39, 0.29) is 11.4 Å². The van der Waals surface area contributed by atoms with Crippen LogP contribution in [0.25, 0.3) is 10.2 Å². The standard InChI is InChI=1S/C13H18N4OS/c1-7-8-9(14)10(19-12(8)17(3)16-7)11(18)15-13(2)5-4-6-13/h4-6,14H2,1-3H3,(H,15,18). The van der Waals surface area contributed by atoms with E-state index in [1.807, 2.05) is 14.0 Å². The fourth-order valence-electron chi connectivity index (χ4n) is 2.66. The van der Waals surface area contributed by atoms with Crippen molar-refractivity contribution in [3.63, 3.8) is 0 Å². The van der Waals surface area contributed by atoms with Crippen molar-refractivity contribution in [1.82, 2.24) is 15.1 Å². The number of nitrogens with one attached hydrogen (secondary N) is 1. The number of rotatable bonds is 2. The van der Waals surface area contributed by atoms with Gasteiger partial charge in [0.1, 0.15) is 9.71 Å². The Morgan fingerprint density at radius 3 is 2.74 bits per heavy atom. The Labute approximate surface area is 115 Å². The van der Waals surface area contributed by atoms with Crippen LogP contribution in [0.2, 0.25) is 0 Å². The Morgan fingerprint density at radius 1 is 1.53 bits per heavy atom. The lowest BCUT2D eigenvalue weighted by atomic mass is 9.78. The highest BCUT2D eigenvalue weighted by Crippen LogP contribution is 2.37. The number of aromatic nitrogens is 2. The smallest absolute Gasteiger partial charge is 0.263 e. The lowest BCUT2D eigenvalue weighted by Crippen LogP contribution is -2.50. The first-order chi connectivity index (χ1) is 8.91. The molecule has 0 atom stereocenters. The third-order valence-electron chi connectivity index (χ3n) is 3.96. The molecule has 3 N–H and O–H groups in total. The van der Waals surface area contributed by atoms with Crippen molar-refractivity contribution < 1.29 is 4.79 Å². The first-order valence-corrected chi connectivity index (χ1v) is 7.27. The number of carbonyl (C=O) groups is 1. The van der Waals surface area contributed by atoms with E-state index in [4.69, 9.17) is 5.73 Å². The van der Waals surface area contributed by atoms with Gasteiger partial charge < -0.3 is 11.1 Å². The van der Waals surface area contributed by atoms with Gasteiger partial charge in [0.15, 0.2) is 0 Å². The largest absolute Gasteiger partial charge is 0.397 e. The van der Waals surface area contributed by atoms with Crippen LogP contribution in [0.4, 0.5) is 5.69 Å². The first-order valence-electron chi connectivity index (χ1n) is 6.45. The molecule has 0 aliphatic heterocycles. The molecular weight excluding hydrogens is 260 g/mol. The average Bonchev–Trinajstić information content (AvgIpc) is 2.77. The molecule has 1 aliphatic carbocycles. The summed E-state index contributed by atoms with van der Waals surface area (Å²) in [5.74, 6) is -0.0553. The van der Waals surface area contributed by atoms with Crippen molar-refractivity contribution in [2.75, 3.05) is 5.73 Å². The fourth-order valence-corrected chi connectivity index (χ4v) is 3.74. The monoisotopic (exact) mass is 278 g/mol. The molecule has 0 aromatic carbocycles. The normalized spacial score (nSPS) is 17.4. The minimum absolute atomic E-state index is 0.0486. The van der Waals surface area contributed by atoms with Crippen LogP contribution >= 0.6 is 11.3 Å². The molecule has 0 saturated heterocycles. The molecule has 1 fully saturated rings. The van der Waals surface area contributed by atoms with Gasteiger partial charge in [0.25, 0.3) is 5.91 Å². The number of carbonyl (C=O) groups excluding carboxylic acids is 1. The molecule has 1 amide bonds. The molecule has 0 unspecified atom stereocenters. The molecule has 1 saturated carbocycles. The maximum absolute atomic E-state index is 12.4. The molecule has 102 valence electrons. The van der Waals surface area contributed by atoms with Crippen LogP contribution in [0.15, 0.2) is 0 Å². The van der Waals surface area contributed by atoms with Gasteiger partial charge in [0.05, 0.1) is 16.8 Å². The zero-order valence-electron chi connectivity index (χ0n) is 11.4. The van der Waals surface area contributed by atoms with Gasteiger partial charge in [0.2, 0.25) is 0 Å². The SMILES string of the molecule is Cc1nn(C)c2sc(C(=O)NC3(C)CCC3)c(N)c12.